The first-order valence-corrected chi connectivity index (χ1v) is 6.23. The van der Waals surface area contributed by atoms with Crippen molar-refractivity contribution in [1.82, 2.24) is 4.98 Å². The maximum atomic E-state index is 11.0. The van der Waals surface area contributed by atoms with Gasteiger partial charge in [0.25, 0.3) is 0 Å². The molecular formula is C13H20N2O3. The number of aliphatic hydroxyl groups is 1. The van der Waals surface area contributed by atoms with Crippen LogP contribution in [0.2, 0.25) is 0 Å². The van der Waals surface area contributed by atoms with Crippen LogP contribution in [0.5, 0.6) is 0 Å². The summed E-state index contributed by atoms with van der Waals surface area (Å²) in [5, 5.41) is 21.4. The lowest BCUT2D eigenvalue weighted by Gasteiger charge is -2.11. The van der Waals surface area contributed by atoms with E-state index in [1.807, 2.05) is 13.8 Å². The minimum absolute atomic E-state index is 0.224. The van der Waals surface area contributed by atoms with Crippen LogP contribution >= 0.6 is 0 Å². The number of hydrogen-bond donors (Lipinski definition) is 3. The van der Waals surface area contributed by atoms with Gasteiger partial charge in [-0.1, -0.05) is 20.3 Å². The van der Waals surface area contributed by atoms with E-state index in [9.17, 15) is 9.90 Å². The molecule has 1 unspecified atom stereocenters. The Morgan fingerprint density at radius 1 is 1.44 bits per heavy atom. The van der Waals surface area contributed by atoms with Crippen LogP contribution in [0.1, 0.15) is 42.7 Å². The van der Waals surface area contributed by atoms with Gasteiger partial charge in [-0.2, -0.15) is 0 Å². The average Bonchev–Trinajstić information content (AvgIpc) is 2.36. The molecule has 5 nitrogen and oxygen atoms in total. The van der Waals surface area contributed by atoms with Crippen molar-refractivity contribution >= 4 is 11.8 Å². The van der Waals surface area contributed by atoms with Gasteiger partial charge in [0.15, 0.2) is 0 Å². The average molecular weight is 252 g/mol. The topological polar surface area (TPSA) is 82.5 Å². The van der Waals surface area contributed by atoms with Crippen LogP contribution in [-0.4, -0.2) is 33.8 Å². The number of aliphatic hydroxyl groups excluding tert-OH is 1. The van der Waals surface area contributed by atoms with E-state index in [0.717, 1.165) is 18.5 Å². The number of carboxylic acid groups (broad SMARTS) is 1. The molecule has 1 heterocycles. The fourth-order valence-electron chi connectivity index (χ4n) is 1.55. The van der Waals surface area contributed by atoms with Gasteiger partial charge >= 0.3 is 5.97 Å². The van der Waals surface area contributed by atoms with Crippen molar-refractivity contribution in [2.24, 2.45) is 0 Å². The summed E-state index contributed by atoms with van der Waals surface area (Å²) in [6.07, 6.45) is 1.85. The van der Waals surface area contributed by atoms with E-state index in [-0.39, 0.29) is 5.56 Å². The molecular weight excluding hydrogens is 232 g/mol. The van der Waals surface area contributed by atoms with Gasteiger partial charge in [-0.15, -0.1) is 0 Å². The predicted molar refractivity (Wildman–Crippen MR) is 70.0 cm³/mol. The minimum atomic E-state index is -0.964. The SMILES string of the molecule is CCCc1cc(C(=O)O)cc(NCC(O)CC)n1. The fourth-order valence-corrected chi connectivity index (χ4v) is 1.55. The van der Waals surface area contributed by atoms with Crippen molar-refractivity contribution < 1.29 is 15.0 Å². The summed E-state index contributed by atoms with van der Waals surface area (Å²) < 4.78 is 0. The van der Waals surface area contributed by atoms with Crippen LogP contribution in [0, 0.1) is 0 Å². The summed E-state index contributed by atoms with van der Waals surface area (Å²) in [7, 11) is 0. The Labute approximate surface area is 107 Å². The Kier molecular flexibility index (Phi) is 5.58. The van der Waals surface area contributed by atoms with E-state index in [2.05, 4.69) is 10.3 Å². The molecule has 0 bridgehead atoms. The third-order valence-electron chi connectivity index (χ3n) is 2.62. The van der Waals surface area contributed by atoms with Gasteiger partial charge in [0.1, 0.15) is 5.82 Å². The summed E-state index contributed by atoms with van der Waals surface area (Å²) in [6.45, 7) is 4.27. The van der Waals surface area contributed by atoms with Gasteiger partial charge in [0.2, 0.25) is 0 Å². The van der Waals surface area contributed by atoms with Crippen LogP contribution in [0.15, 0.2) is 12.1 Å². The number of anilines is 1. The summed E-state index contributed by atoms with van der Waals surface area (Å²) in [4.78, 5) is 15.3. The van der Waals surface area contributed by atoms with Crippen LogP contribution in [-0.2, 0) is 6.42 Å². The van der Waals surface area contributed by atoms with Gasteiger partial charge in [0.05, 0.1) is 11.7 Å². The molecule has 18 heavy (non-hydrogen) atoms. The number of nitrogens with zero attached hydrogens (tertiary/aromatic N) is 1. The second kappa shape index (κ2) is 6.96. The van der Waals surface area contributed by atoms with Crippen molar-refractivity contribution in [2.45, 2.75) is 39.2 Å². The van der Waals surface area contributed by atoms with E-state index < -0.39 is 12.1 Å². The molecule has 1 aromatic heterocycles. The van der Waals surface area contributed by atoms with Crippen LogP contribution < -0.4 is 5.32 Å². The molecule has 1 atom stereocenters. The third kappa shape index (κ3) is 4.33. The highest BCUT2D eigenvalue weighted by Gasteiger charge is 2.09. The number of pyridine rings is 1. The zero-order chi connectivity index (χ0) is 13.5. The van der Waals surface area contributed by atoms with E-state index in [1.165, 1.54) is 6.07 Å². The lowest BCUT2D eigenvalue weighted by molar-refractivity contribution is 0.0696. The molecule has 0 saturated carbocycles. The van der Waals surface area contributed by atoms with E-state index in [1.54, 1.807) is 6.07 Å². The number of aromatic carboxylic acids is 1. The van der Waals surface area contributed by atoms with Crippen molar-refractivity contribution in [3.05, 3.63) is 23.4 Å². The molecule has 0 saturated heterocycles. The molecule has 5 heteroatoms. The molecule has 0 fully saturated rings. The Balaban J connectivity index is 2.85. The van der Waals surface area contributed by atoms with Gasteiger partial charge in [0, 0.05) is 12.2 Å². The fraction of sp³-hybridized carbons (Fsp3) is 0.538. The van der Waals surface area contributed by atoms with E-state index in [4.69, 9.17) is 5.11 Å². The number of rotatable bonds is 7. The number of nitrogens with one attached hydrogen (secondary N) is 1. The highest BCUT2D eigenvalue weighted by molar-refractivity contribution is 5.88. The summed E-state index contributed by atoms with van der Waals surface area (Å²) in [5.41, 5.74) is 0.979. The molecule has 0 spiro atoms. The molecule has 0 aliphatic rings. The molecule has 0 amide bonds. The molecule has 100 valence electrons. The summed E-state index contributed by atoms with van der Waals surface area (Å²) in [5.74, 6) is -0.459. The Morgan fingerprint density at radius 2 is 2.17 bits per heavy atom. The maximum absolute atomic E-state index is 11.0. The zero-order valence-electron chi connectivity index (χ0n) is 10.8. The second-order valence-corrected chi connectivity index (χ2v) is 4.23. The Hall–Kier alpha value is -1.62. The monoisotopic (exact) mass is 252 g/mol. The van der Waals surface area contributed by atoms with Crippen molar-refractivity contribution in [3.63, 3.8) is 0 Å². The molecule has 0 aliphatic carbocycles. The van der Waals surface area contributed by atoms with E-state index in [0.29, 0.717) is 18.8 Å². The largest absolute Gasteiger partial charge is 0.478 e. The lowest BCUT2D eigenvalue weighted by Crippen LogP contribution is -2.19. The van der Waals surface area contributed by atoms with E-state index >= 15 is 0 Å². The maximum Gasteiger partial charge on any atom is 0.335 e. The first-order chi connectivity index (χ1) is 8.56. The number of aromatic nitrogens is 1. The molecule has 0 radical (unpaired) electrons. The highest BCUT2D eigenvalue weighted by Crippen LogP contribution is 2.12. The summed E-state index contributed by atoms with van der Waals surface area (Å²) >= 11 is 0. The standard InChI is InChI=1S/C13H20N2O3/c1-3-5-10-6-9(13(17)18)7-12(15-10)14-8-11(16)4-2/h6-7,11,16H,3-5,8H2,1-2H3,(H,14,15)(H,17,18). The highest BCUT2D eigenvalue weighted by atomic mass is 16.4. The predicted octanol–water partition coefficient (Wildman–Crippen LogP) is 1.92. The molecule has 0 aliphatic heterocycles. The Bertz CT molecular complexity index is 407. The van der Waals surface area contributed by atoms with Gasteiger partial charge in [-0.05, 0) is 25.0 Å². The number of aryl methyl sites for hydroxylation is 1. The first kappa shape index (κ1) is 14.4. The van der Waals surface area contributed by atoms with Crippen molar-refractivity contribution in [3.8, 4) is 0 Å². The smallest absolute Gasteiger partial charge is 0.335 e. The number of carbonyl (C=O) groups is 1. The normalized spacial score (nSPS) is 12.2. The van der Waals surface area contributed by atoms with Crippen LogP contribution in [0.25, 0.3) is 0 Å². The van der Waals surface area contributed by atoms with Gasteiger partial charge in [-0.3, -0.25) is 0 Å². The third-order valence-corrected chi connectivity index (χ3v) is 2.62. The molecule has 3 N–H and O–H groups in total. The van der Waals surface area contributed by atoms with Crippen LogP contribution in [0.3, 0.4) is 0 Å². The van der Waals surface area contributed by atoms with Crippen molar-refractivity contribution in [1.29, 1.82) is 0 Å². The second-order valence-electron chi connectivity index (χ2n) is 4.23. The minimum Gasteiger partial charge on any atom is -0.478 e. The van der Waals surface area contributed by atoms with Crippen molar-refractivity contribution in [2.75, 3.05) is 11.9 Å². The molecule has 0 aromatic carbocycles. The number of carboxylic acids is 1. The molecule has 1 aromatic rings. The van der Waals surface area contributed by atoms with Gasteiger partial charge in [-0.25, -0.2) is 9.78 Å². The number of hydrogen-bond acceptors (Lipinski definition) is 4. The Morgan fingerprint density at radius 3 is 2.72 bits per heavy atom. The lowest BCUT2D eigenvalue weighted by atomic mass is 10.1. The quantitative estimate of drug-likeness (QED) is 0.690. The summed E-state index contributed by atoms with van der Waals surface area (Å²) in [6, 6.07) is 3.08. The zero-order valence-corrected chi connectivity index (χ0v) is 10.8. The first-order valence-electron chi connectivity index (χ1n) is 6.23. The van der Waals surface area contributed by atoms with Gasteiger partial charge < -0.3 is 15.5 Å². The van der Waals surface area contributed by atoms with Crippen LogP contribution in [0.4, 0.5) is 5.82 Å². The molecule has 1 rings (SSSR count).